The molecule has 0 heterocycles. The van der Waals surface area contributed by atoms with Crippen molar-refractivity contribution in [3.8, 4) is 0 Å². The highest BCUT2D eigenvalue weighted by atomic mass is 32.2. The average Bonchev–Trinajstić information content (AvgIpc) is 2.17. The normalized spacial score (nSPS) is 12.2. The van der Waals surface area contributed by atoms with Gasteiger partial charge < -0.3 is 5.32 Å². The molecule has 0 aliphatic heterocycles. The fraction of sp³-hybridized carbons (Fsp3) is 0.300. The second kappa shape index (κ2) is 5.32. The summed E-state index contributed by atoms with van der Waals surface area (Å²) in [5.74, 6) is -0.216. The van der Waals surface area contributed by atoms with Crippen LogP contribution in [-0.2, 0) is 0 Å². The van der Waals surface area contributed by atoms with Gasteiger partial charge in [-0.15, -0.1) is 11.8 Å². The summed E-state index contributed by atoms with van der Waals surface area (Å²) >= 11 is 6.50. The van der Waals surface area contributed by atoms with E-state index in [0.29, 0.717) is 0 Å². The molecule has 76 valence electrons. The molecular formula is C10H12FNS2. The number of hydrogen-bond acceptors (Lipinski definition) is 2. The average molecular weight is 229 g/mol. The van der Waals surface area contributed by atoms with Crippen molar-refractivity contribution in [3.63, 3.8) is 0 Å². The Morgan fingerprint density at radius 2 is 2.29 bits per heavy atom. The lowest BCUT2D eigenvalue weighted by Gasteiger charge is -2.14. The molecule has 0 saturated carbocycles. The summed E-state index contributed by atoms with van der Waals surface area (Å²) in [6.07, 6.45) is 1.91. The van der Waals surface area contributed by atoms with Gasteiger partial charge in [-0.1, -0.05) is 24.4 Å². The van der Waals surface area contributed by atoms with Crippen LogP contribution in [0.5, 0.6) is 0 Å². The number of benzene rings is 1. The maximum Gasteiger partial charge on any atom is 0.133 e. The van der Waals surface area contributed by atoms with Gasteiger partial charge in [0.05, 0.1) is 0 Å². The number of rotatable bonds is 2. The van der Waals surface area contributed by atoms with Crippen LogP contribution in [-0.4, -0.2) is 10.6 Å². The maximum absolute atomic E-state index is 12.9. The monoisotopic (exact) mass is 229 g/mol. The summed E-state index contributed by atoms with van der Waals surface area (Å²) in [4.78, 5) is 0. The fourth-order valence-electron chi connectivity index (χ4n) is 1.09. The zero-order chi connectivity index (χ0) is 10.6. The van der Waals surface area contributed by atoms with Crippen molar-refractivity contribution in [2.45, 2.75) is 13.0 Å². The molecular weight excluding hydrogens is 217 g/mol. The predicted molar refractivity (Wildman–Crippen MR) is 64.1 cm³/mol. The Hall–Kier alpha value is -0.610. The first-order chi connectivity index (χ1) is 6.63. The second-order valence-electron chi connectivity index (χ2n) is 2.91. The number of thiocarbonyl (C=S) groups is 1. The fourth-order valence-corrected chi connectivity index (χ4v) is 1.57. The van der Waals surface area contributed by atoms with Crippen LogP contribution in [0.3, 0.4) is 0 Å². The van der Waals surface area contributed by atoms with Gasteiger partial charge in [-0.2, -0.15) is 0 Å². The first-order valence-corrected chi connectivity index (χ1v) is 5.86. The van der Waals surface area contributed by atoms with Gasteiger partial charge in [0, 0.05) is 6.04 Å². The van der Waals surface area contributed by atoms with Crippen molar-refractivity contribution in [2.75, 3.05) is 6.26 Å². The second-order valence-corrected chi connectivity index (χ2v) is 4.40. The molecule has 1 aromatic rings. The molecule has 0 radical (unpaired) electrons. The summed E-state index contributed by atoms with van der Waals surface area (Å²) in [5, 5.41) is 3.10. The van der Waals surface area contributed by atoms with Crippen LogP contribution >= 0.6 is 24.0 Å². The van der Waals surface area contributed by atoms with Crippen molar-refractivity contribution in [2.24, 2.45) is 0 Å². The predicted octanol–water partition coefficient (Wildman–Crippen LogP) is 3.12. The van der Waals surface area contributed by atoms with E-state index >= 15 is 0 Å². The van der Waals surface area contributed by atoms with Crippen molar-refractivity contribution < 1.29 is 4.39 Å². The smallest absolute Gasteiger partial charge is 0.133 e. The van der Waals surface area contributed by atoms with Crippen LogP contribution in [0.25, 0.3) is 0 Å². The SMILES string of the molecule is CSC(=S)NC(C)c1cccc(F)c1. The van der Waals surface area contributed by atoms with Crippen LogP contribution in [0.1, 0.15) is 18.5 Å². The lowest BCUT2D eigenvalue weighted by atomic mass is 10.1. The van der Waals surface area contributed by atoms with E-state index in [-0.39, 0.29) is 11.9 Å². The standard InChI is InChI=1S/C10H12FNS2/c1-7(12-10(13)14-2)8-4-3-5-9(11)6-8/h3-7H,1-2H3,(H,12,13). The molecule has 1 atom stereocenters. The van der Waals surface area contributed by atoms with E-state index in [1.165, 1.54) is 23.9 Å². The zero-order valence-corrected chi connectivity index (χ0v) is 9.71. The maximum atomic E-state index is 12.9. The van der Waals surface area contributed by atoms with Gasteiger partial charge in [0.25, 0.3) is 0 Å². The van der Waals surface area contributed by atoms with E-state index in [9.17, 15) is 4.39 Å². The third kappa shape index (κ3) is 3.27. The lowest BCUT2D eigenvalue weighted by Crippen LogP contribution is -2.22. The van der Waals surface area contributed by atoms with E-state index in [4.69, 9.17) is 12.2 Å². The molecule has 1 unspecified atom stereocenters. The molecule has 0 amide bonds. The largest absolute Gasteiger partial charge is 0.364 e. The van der Waals surface area contributed by atoms with Gasteiger partial charge in [-0.3, -0.25) is 0 Å². The molecule has 1 aromatic carbocycles. The number of nitrogens with one attached hydrogen (secondary N) is 1. The van der Waals surface area contributed by atoms with E-state index in [1.54, 1.807) is 6.07 Å². The molecule has 14 heavy (non-hydrogen) atoms. The van der Waals surface area contributed by atoms with Crippen molar-refractivity contribution in [3.05, 3.63) is 35.6 Å². The highest BCUT2D eigenvalue weighted by Gasteiger charge is 2.06. The van der Waals surface area contributed by atoms with Gasteiger partial charge in [-0.05, 0) is 30.9 Å². The van der Waals surface area contributed by atoms with Crippen molar-refractivity contribution >= 4 is 28.3 Å². The molecule has 0 spiro atoms. The number of hydrogen-bond donors (Lipinski definition) is 1. The highest BCUT2D eigenvalue weighted by molar-refractivity contribution is 8.22. The molecule has 1 rings (SSSR count). The van der Waals surface area contributed by atoms with Crippen LogP contribution in [0.2, 0.25) is 0 Å². The molecule has 1 nitrogen and oxygen atoms in total. The summed E-state index contributed by atoms with van der Waals surface area (Å²) in [7, 11) is 0. The number of thioether (sulfide) groups is 1. The van der Waals surface area contributed by atoms with Gasteiger partial charge in [0.15, 0.2) is 0 Å². The summed E-state index contributed by atoms with van der Waals surface area (Å²) in [6, 6.07) is 6.57. The Labute approximate surface area is 93.1 Å². The molecule has 0 bridgehead atoms. The number of halogens is 1. The molecule has 0 saturated heterocycles. The quantitative estimate of drug-likeness (QED) is 0.783. The lowest BCUT2D eigenvalue weighted by molar-refractivity contribution is 0.619. The summed E-state index contributed by atoms with van der Waals surface area (Å²) in [5.41, 5.74) is 0.904. The first kappa shape index (κ1) is 11.5. The molecule has 0 fully saturated rings. The van der Waals surface area contributed by atoms with Gasteiger partial charge in [-0.25, -0.2) is 4.39 Å². The topological polar surface area (TPSA) is 12.0 Å². The van der Waals surface area contributed by atoms with Crippen molar-refractivity contribution in [1.29, 1.82) is 0 Å². The van der Waals surface area contributed by atoms with E-state index in [2.05, 4.69) is 5.32 Å². The third-order valence-electron chi connectivity index (χ3n) is 1.87. The van der Waals surface area contributed by atoms with E-state index < -0.39 is 0 Å². The minimum Gasteiger partial charge on any atom is -0.364 e. The van der Waals surface area contributed by atoms with Gasteiger partial charge in [0.2, 0.25) is 0 Å². The van der Waals surface area contributed by atoms with Crippen LogP contribution in [0.4, 0.5) is 4.39 Å². The molecule has 1 N–H and O–H groups in total. The molecule has 4 heteroatoms. The van der Waals surface area contributed by atoms with Crippen LogP contribution in [0.15, 0.2) is 24.3 Å². The van der Waals surface area contributed by atoms with Gasteiger partial charge >= 0.3 is 0 Å². The Morgan fingerprint density at radius 1 is 1.57 bits per heavy atom. The Balaban J connectivity index is 2.69. The first-order valence-electron chi connectivity index (χ1n) is 4.23. The Kier molecular flexibility index (Phi) is 4.35. The zero-order valence-electron chi connectivity index (χ0n) is 8.08. The van der Waals surface area contributed by atoms with Crippen LogP contribution < -0.4 is 5.32 Å². The minimum absolute atomic E-state index is 0.0469. The highest BCUT2D eigenvalue weighted by Crippen LogP contribution is 2.14. The minimum atomic E-state index is -0.216. The molecule has 0 aliphatic rings. The molecule has 0 aromatic heterocycles. The van der Waals surface area contributed by atoms with Crippen molar-refractivity contribution in [1.82, 2.24) is 5.32 Å². The van der Waals surface area contributed by atoms with E-state index in [0.717, 1.165) is 9.88 Å². The summed E-state index contributed by atoms with van der Waals surface area (Å²) in [6.45, 7) is 1.96. The summed E-state index contributed by atoms with van der Waals surface area (Å²) < 4.78 is 13.6. The Bertz CT molecular complexity index is 328. The third-order valence-corrected chi connectivity index (χ3v) is 2.97. The molecule has 0 aliphatic carbocycles. The van der Waals surface area contributed by atoms with E-state index in [1.807, 2.05) is 19.2 Å². The van der Waals surface area contributed by atoms with Gasteiger partial charge in [0.1, 0.15) is 10.1 Å². The van der Waals surface area contributed by atoms with Crippen LogP contribution in [0, 0.1) is 5.82 Å². The Morgan fingerprint density at radius 3 is 2.86 bits per heavy atom.